The summed E-state index contributed by atoms with van der Waals surface area (Å²) in [4.78, 5) is 0. The Kier molecular flexibility index (Phi) is 2.94. The van der Waals surface area contributed by atoms with Gasteiger partial charge in [-0.05, 0) is 61.0 Å². The van der Waals surface area contributed by atoms with Crippen molar-refractivity contribution in [1.82, 2.24) is 9.78 Å². The molecule has 2 saturated carbocycles. The van der Waals surface area contributed by atoms with E-state index in [9.17, 15) is 0 Å². The van der Waals surface area contributed by atoms with Gasteiger partial charge < -0.3 is 9.47 Å². The van der Waals surface area contributed by atoms with E-state index in [0.717, 1.165) is 59.8 Å². The Balaban J connectivity index is 1.52. The molecule has 2 aliphatic carbocycles. The van der Waals surface area contributed by atoms with Gasteiger partial charge in [-0.15, -0.1) is 0 Å². The maximum Gasteiger partial charge on any atom is 0.136 e. The molecule has 1 aromatic carbocycles. The fraction of sp³-hybridized carbons (Fsp3) is 0.611. The summed E-state index contributed by atoms with van der Waals surface area (Å²) in [6.07, 6.45) is 9.51. The van der Waals surface area contributed by atoms with Gasteiger partial charge in [0, 0.05) is 24.1 Å². The molecule has 23 heavy (non-hydrogen) atoms. The minimum absolute atomic E-state index is 0.0508. The SMILES string of the molecule is C[C@@]12CC[C@@](n3cc4cc(Br)c(OC5CCC5)cc4n3)(CO1)C2. The molecule has 0 spiro atoms. The molecule has 1 aliphatic heterocycles. The topological polar surface area (TPSA) is 36.3 Å². The average Bonchev–Trinajstić information content (AvgIpc) is 3.13. The first-order chi connectivity index (χ1) is 11.1. The third-order valence-electron chi connectivity index (χ3n) is 5.90. The van der Waals surface area contributed by atoms with E-state index in [0.29, 0.717) is 6.10 Å². The number of benzene rings is 1. The van der Waals surface area contributed by atoms with Crippen LogP contribution in [-0.4, -0.2) is 28.1 Å². The lowest BCUT2D eigenvalue weighted by molar-refractivity contribution is -0.0149. The highest BCUT2D eigenvalue weighted by Crippen LogP contribution is 2.51. The van der Waals surface area contributed by atoms with Gasteiger partial charge in [-0.2, -0.15) is 5.10 Å². The molecule has 2 bridgehead atoms. The number of nitrogens with zero attached hydrogens (tertiary/aromatic N) is 2. The Hall–Kier alpha value is -1.07. The third-order valence-corrected chi connectivity index (χ3v) is 6.52. The Labute approximate surface area is 144 Å². The Morgan fingerprint density at radius 2 is 2.22 bits per heavy atom. The van der Waals surface area contributed by atoms with E-state index in [-0.39, 0.29) is 11.1 Å². The van der Waals surface area contributed by atoms with E-state index in [1.807, 2.05) is 0 Å². The van der Waals surface area contributed by atoms with E-state index in [2.05, 4.69) is 45.9 Å². The first-order valence-corrected chi connectivity index (χ1v) is 9.35. The summed E-state index contributed by atoms with van der Waals surface area (Å²) >= 11 is 3.65. The highest BCUT2D eigenvalue weighted by molar-refractivity contribution is 9.10. The van der Waals surface area contributed by atoms with Gasteiger partial charge in [0.15, 0.2) is 0 Å². The third kappa shape index (κ3) is 2.16. The first-order valence-electron chi connectivity index (χ1n) is 8.55. The van der Waals surface area contributed by atoms with E-state index in [1.54, 1.807) is 0 Å². The Bertz CT molecular complexity index is 773. The zero-order valence-electron chi connectivity index (χ0n) is 13.3. The summed E-state index contributed by atoms with van der Waals surface area (Å²) in [5.74, 6) is 0.920. The average molecular weight is 377 g/mol. The van der Waals surface area contributed by atoms with Crippen LogP contribution in [0.4, 0.5) is 0 Å². The summed E-state index contributed by atoms with van der Waals surface area (Å²) in [5.41, 5.74) is 1.12. The van der Waals surface area contributed by atoms with Gasteiger partial charge in [-0.3, -0.25) is 4.68 Å². The summed E-state index contributed by atoms with van der Waals surface area (Å²) < 4.78 is 15.3. The van der Waals surface area contributed by atoms with Gasteiger partial charge in [-0.1, -0.05) is 0 Å². The molecule has 4 nitrogen and oxygen atoms in total. The predicted octanol–water partition coefficient (Wildman–Crippen LogP) is 4.40. The minimum atomic E-state index is 0.0508. The normalized spacial score (nSPS) is 33.3. The second kappa shape index (κ2) is 4.73. The number of fused-ring (bicyclic) bond motifs is 3. The lowest BCUT2D eigenvalue weighted by Crippen LogP contribution is -2.33. The second-order valence-corrected chi connectivity index (χ2v) is 8.58. The lowest BCUT2D eigenvalue weighted by atomic mass is 9.96. The van der Waals surface area contributed by atoms with Crippen molar-refractivity contribution < 1.29 is 9.47 Å². The second-order valence-electron chi connectivity index (χ2n) is 7.73. The first kappa shape index (κ1) is 14.3. The molecular weight excluding hydrogens is 356 g/mol. The molecule has 0 unspecified atom stereocenters. The fourth-order valence-corrected chi connectivity index (χ4v) is 4.67. The van der Waals surface area contributed by atoms with Crippen molar-refractivity contribution in [2.45, 2.75) is 62.7 Å². The zero-order valence-corrected chi connectivity index (χ0v) is 14.9. The molecule has 3 aliphatic rings. The molecule has 3 fully saturated rings. The van der Waals surface area contributed by atoms with E-state index < -0.39 is 0 Å². The van der Waals surface area contributed by atoms with Crippen molar-refractivity contribution in [3.05, 3.63) is 22.8 Å². The van der Waals surface area contributed by atoms with Crippen LogP contribution in [0.25, 0.3) is 10.9 Å². The monoisotopic (exact) mass is 376 g/mol. The van der Waals surface area contributed by atoms with E-state index in [1.165, 1.54) is 6.42 Å². The molecule has 2 aromatic rings. The van der Waals surface area contributed by atoms with Crippen molar-refractivity contribution in [3.63, 3.8) is 0 Å². The number of hydrogen-bond acceptors (Lipinski definition) is 3. The molecule has 5 heteroatoms. The van der Waals surface area contributed by atoms with Gasteiger partial charge in [-0.25, -0.2) is 0 Å². The van der Waals surface area contributed by atoms with Crippen LogP contribution in [0.2, 0.25) is 0 Å². The van der Waals surface area contributed by atoms with Crippen molar-refractivity contribution >= 4 is 26.8 Å². The lowest BCUT2D eigenvalue weighted by Gasteiger charge is -2.27. The molecule has 5 rings (SSSR count). The van der Waals surface area contributed by atoms with Crippen LogP contribution in [-0.2, 0) is 10.3 Å². The molecule has 2 atom stereocenters. The molecular formula is C18H21BrN2O2. The van der Waals surface area contributed by atoms with Gasteiger partial charge in [0.05, 0.1) is 33.8 Å². The van der Waals surface area contributed by atoms with Gasteiger partial charge >= 0.3 is 0 Å². The predicted molar refractivity (Wildman–Crippen MR) is 91.9 cm³/mol. The van der Waals surface area contributed by atoms with Crippen LogP contribution >= 0.6 is 15.9 Å². The maximum atomic E-state index is 6.08. The molecule has 0 radical (unpaired) electrons. The number of ether oxygens (including phenoxy) is 2. The number of aromatic nitrogens is 2. The number of halogens is 1. The van der Waals surface area contributed by atoms with Crippen LogP contribution in [0.1, 0.15) is 45.4 Å². The van der Waals surface area contributed by atoms with Crippen LogP contribution in [0.3, 0.4) is 0 Å². The molecule has 1 aromatic heterocycles. The number of hydrogen-bond donors (Lipinski definition) is 0. The van der Waals surface area contributed by atoms with Crippen LogP contribution in [0.5, 0.6) is 5.75 Å². The van der Waals surface area contributed by atoms with E-state index in [4.69, 9.17) is 14.6 Å². The summed E-state index contributed by atoms with van der Waals surface area (Å²) in [6.45, 7) is 3.01. The molecule has 2 heterocycles. The van der Waals surface area contributed by atoms with Gasteiger partial charge in [0.2, 0.25) is 0 Å². The van der Waals surface area contributed by atoms with Crippen LogP contribution in [0.15, 0.2) is 22.8 Å². The fourth-order valence-electron chi connectivity index (χ4n) is 4.21. The Morgan fingerprint density at radius 3 is 2.83 bits per heavy atom. The van der Waals surface area contributed by atoms with Crippen molar-refractivity contribution in [1.29, 1.82) is 0 Å². The molecule has 1 saturated heterocycles. The van der Waals surface area contributed by atoms with Crippen molar-refractivity contribution in [2.75, 3.05) is 6.61 Å². The maximum absolute atomic E-state index is 6.08. The highest BCUT2D eigenvalue weighted by Gasteiger charge is 2.54. The standard InChI is InChI=1S/C18H21BrN2O2/c1-17-5-6-18(10-17,11-22-17)21-9-12-7-14(19)16(8-15(12)20-21)23-13-3-2-4-13/h7-9,13H,2-6,10-11H2,1H3/t17-,18-/m0/s1. The highest BCUT2D eigenvalue weighted by atomic mass is 79.9. The summed E-state index contributed by atoms with van der Waals surface area (Å²) in [7, 11) is 0. The zero-order chi connectivity index (χ0) is 15.7. The molecule has 122 valence electrons. The van der Waals surface area contributed by atoms with Crippen LogP contribution in [0, 0.1) is 0 Å². The largest absolute Gasteiger partial charge is 0.489 e. The van der Waals surface area contributed by atoms with Crippen molar-refractivity contribution in [2.24, 2.45) is 0 Å². The quantitative estimate of drug-likeness (QED) is 0.796. The van der Waals surface area contributed by atoms with E-state index >= 15 is 0 Å². The van der Waals surface area contributed by atoms with Gasteiger partial charge in [0.1, 0.15) is 5.75 Å². The smallest absolute Gasteiger partial charge is 0.136 e. The van der Waals surface area contributed by atoms with Crippen molar-refractivity contribution in [3.8, 4) is 5.75 Å². The van der Waals surface area contributed by atoms with Gasteiger partial charge in [0.25, 0.3) is 0 Å². The minimum Gasteiger partial charge on any atom is -0.489 e. The summed E-state index contributed by atoms with van der Waals surface area (Å²) in [5, 5.41) is 6.04. The number of rotatable bonds is 3. The Morgan fingerprint density at radius 1 is 1.35 bits per heavy atom. The summed E-state index contributed by atoms with van der Waals surface area (Å²) in [6, 6.07) is 4.21. The van der Waals surface area contributed by atoms with Crippen LogP contribution < -0.4 is 4.74 Å². The molecule has 0 amide bonds. The molecule has 0 N–H and O–H groups in total.